The van der Waals surface area contributed by atoms with Crippen LogP contribution < -0.4 is 10.1 Å². The van der Waals surface area contributed by atoms with Crippen LogP contribution in [-0.4, -0.2) is 54.7 Å². The molecular weight excluding hydrogens is 326 g/mol. The first-order valence-corrected chi connectivity index (χ1v) is 9.82. The fourth-order valence-corrected chi connectivity index (χ4v) is 3.73. The number of hydrogen-bond acceptors (Lipinski definition) is 3. The van der Waals surface area contributed by atoms with Crippen molar-refractivity contribution in [3.63, 3.8) is 0 Å². The molecular formula is C21H35N3O2. The maximum atomic E-state index is 12.8. The summed E-state index contributed by atoms with van der Waals surface area (Å²) in [5.41, 5.74) is 1.09. The van der Waals surface area contributed by atoms with Gasteiger partial charge >= 0.3 is 6.03 Å². The van der Waals surface area contributed by atoms with Gasteiger partial charge in [0.1, 0.15) is 5.75 Å². The topological polar surface area (TPSA) is 44.8 Å². The third-order valence-electron chi connectivity index (χ3n) is 4.96. The standard InChI is InChI=1S/C21H35N3O2/c1-16(2)14-23(15-18-8-6-10-20(12-18)26-5)21(25)22-13-19-9-7-11-24(19)17(3)4/h6,8,10,12,16-17,19H,7,9,11,13-15H2,1-5H3,(H,22,25)/t19-/m1/s1. The molecule has 1 aromatic carbocycles. The summed E-state index contributed by atoms with van der Waals surface area (Å²) in [7, 11) is 1.67. The van der Waals surface area contributed by atoms with E-state index in [-0.39, 0.29) is 6.03 Å². The summed E-state index contributed by atoms with van der Waals surface area (Å²) in [5.74, 6) is 1.25. The molecule has 5 nitrogen and oxygen atoms in total. The van der Waals surface area contributed by atoms with E-state index in [1.807, 2.05) is 29.2 Å². The van der Waals surface area contributed by atoms with Crippen LogP contribution in [0.4, 0.5) is 4.79 Å². The summed E-state index contributed by atoms with van der Waals surface area (Å²) in [6, 6.07) is 8.95. The maximum absolute atomic E-state index is 12.8. The summed E-state index contributed by atoms with van der Waals surface area (Å²) in [6.07, 6.45) is 2.39. The molecule has 1 fully saturated rings. The second kappa shape index (κ2) is 9.81. The van der Waals surface area contributed by atoms with E-state index in [4.69, 9.17) is 4.74 Å². The summed E-state index contributed by atoms with van der Waals surface area (Å²) in [6.45, 7) is 11.9. The first-order chi connectivity index (χ1) is 12.4. The van der Waals surface area contributed by atoms with Gasteiger partial charge in [-0.25, -0.2) is 4.79 Å². The minimum Gasteiger partial charge on any atom is -0.497 e. The molecule has 26 heavy (non-hydrogen) atoms. The Kier molecular flexibility index (Phi) is 7.76. The number of amides is 2. The van der Waals surface area contributed by atoms with Crippen molar-refractivity contribution in [2.75, 3.05) is 26.7 Å². The number of urea groups is 1. The van der Waals surface area contributed by atoms with Gasteiger partial charge in [0, 0.05) is 31.7 Å². The van der Waals surface area contributed by atoms with Crippen LogP contribution in [0.25, 0.3) is 0 Å². The highest BCUT2D eigenvalue weighted by Gasteiger charge is 2.27. The molecule has 5 heteroatoms. The molecule has 0 aliphatic carbocycles. The number of benzene rings is 1. The summed E-state index contributed by atoms with van der Waals surface area (Å²) in [4.78, 5) is 17.2. The third-order valence-corrected chi connectivity index (χ3v) is 4.96. The summed E-state index contributed by atoms with van der Waals surface area (Å²) in [5, 5.41) is 3.18. The minimum absolute atomic E-state index is 0.0251. The lowest BCUT2D eigenvalue weighted by molar-refractivity contribution is 0.173. The van der Waals surface area contributed by atoms with Crippen molar-refractivity contribution in [2.24, 2.45) is 5.92 Å². The molecule has 0 bridgehead atoms. The smallest absolute Gasteiger partial charge is 0.317 e. The molecule has 1 aliphatic heterocycles. The molecule has 1 atom stereocenters. The fourth-order valence-electron chi connectivity index (χ4n) is 3.73. The number of carbonyl (C=O) groups is 1. The summed E-state index contributed by atoms with van der Waals surface area (Å²) >= 11 is 0. The van der Waals surface area contributed by atoms with Crippen molar-refractivity contribution in [2.45, 2.75) is 59.2 Å². The Morgan fingerprint density at radius 2 is 2.12 bits per heavy atom. The van der Waals surface area contributed by atoms with E-state index < -0.39 is 0 Å². The van der Waals surface area contributed by atoms with Crippen LogP contribution in [0.3, 0.4) is 0 Å². The van der Waals surface area contributed by atoms with E-state index in [0.29, 0.717) is 24.5 Å². The third kappa shape index (κ3) is 5.90. The minimum atomic E-state index is 0.0251. The molecule has 1 heterocycles. The average molecular weight is 362 g/mol. The SMILES string of the molecule is COc1cccc(CN(CC(C)C)C(=O)NC[C@H]2CCCN2C(C)C)c1. The Morgan fingerprint density at radius 3 is 2.77 bits per heavy atom. The highest BCUT2D eigenvalue weighted by molar-refractivity contribution is 5.74. The highest BCUT2D eigenvalue weighted by atomic mass is 16.5. The Balaban J connectivity index is 1.97. The Hall–Kier alpha value is -1.75. The Bertz CT molecular complexity index is 574. The van der Waals surface area contributed by atoms with Crippen molar-refractivity contribution in [3.8, 4) is 5.75 Å². The largest absolute Gasteiger partial charge is 0.497 e. The predicted octanol–water partition coefficient (Wildman–Crippen LogP) is 3.74. The fraction of sp³-hybridized carbons (Fsp3) is 0.667. The van der Waals surface area contributed by atoms with Crippen LogP contribution in [0.5, 0.6) is 5.75 Å². The first kappa shape index (κ1) is 20.6. The second-order valence-corrected chi connectivity index (χ2v) is 7.94. The molecule has 0 aromatic heterocycles. The van der Waals surface area contributed by atoms with Crippen molar-refractivity contribution >= 4 is 6.03 Å². The van der Waals surface area contributed by atoms with Gasteiger partial charge in [0.25, 0.3) is 0 Å². The Morgan fingerprint density at radius 1 is 1.35 bits per heavy atom. The molecule has 0 unspecified atom stereocenters. The van der Waals surface area contributed by atoms with Crippen molar-refractivity contribution in [1.29, 1.82) is 0 Å². The number of nitrogens with zero attached hydrogens (tertiary/aromatic N) is 2. The number of likely N-dealkylation sites (tertiary alicyclic amines) is 1. The van der Waals surface area contributed by atoms with Crippen molar-refractivity contribution in [1.82, 2.24) is 15.1 Å². The van der Waals surface area contributed by atoms with Crippen molar-refractivity contribution < 1.29 is 9.53 Å². The molecule has 2 rings (SSSR count). The second-order valence-electron chi connectivity index (χ2n) is 7.94. The highest BCUT2D eigenvalue weighted by Crippen LogP contribution is 2.19. The molecule has 0 saturated carbocycles. The Labute approximate surface area is 158 Å². The molecule has 146 valence electrons. The van der Waals surface area contributed by atoms with Gasteiger partial charge < -0.3 is 15.0 Å². The van der Waals surface area contributed by atoms with Gasteiger partial charge in [0.15, 0.2) is 0 Å². The van der Waals surface area contributed by atoms with E-state index in [1.54, 1.807) is 7.11 Å². The lowest BCUT2D eigenvalue weighted by Crippen LogP contribution is -2.47. The molecule has 0 radical (unpaired) electrons. The van der Waals surface area contributed by atoms with Crippen molar-refractivity contribution in [3.05, 3.63) is 29.8 Å². The normalized spacial score (nSPS) is 17.7. The number of carbonyl (C=O) groups excluding carboxylic acids is 1. The molecule has 1 aromatic rings. The van der Waals surface area contributed by atoms with Crippen LogP contribution in [0.1, 0.15) is 46.1 Å². The van der Waals surface area contributed by atoms with Gasteiger partial charge in [0.05, 0.1) is 7.11 Å². The molecule has 0 spiro atoms. The van der Waals surface area contributed by atoms with Gasteiger partial charge in [-0.05, 0) is 56.8 Å². The van der Waals surface area contributed by atoms with Crippen LogP contribution in [0, 0.1) is 5.92 Å². The molecule has 1 saturated heterocycles. The van der Waals surface area contributed by atoms with Gasteiger partial charge in [-0.1, -0.05) is 26.0 Å². The van der Waals surface area contributed by atoms with E-state index in [2.05, 4.69) is 37.9 Å². The van der Waals surface area contributed by atoms with Gasteiger partial charge in [-0.3, -0.25) is 4.90 Å². The predicted molar refractivity (Wildman–Crippen MR) is 107 cm³/mol. The van der Waals surface area contributed by atoms with Crippen LogP contribution >= 0.6 is 0 Å². The van der Waals surface area contributed by atoms with Gasteiger partial charge in [-0.15, -0.1) is 0 Å². The zero-order valence-corrected chi connectivity index (χ0v) is 17.0. The van der Waals surface area contributed by atoms with E-state index in [9.17, 15) is 4.79 Å². The molecule has 1 N–H and O–H groups in total. The van der Waals surface area contributed by atoms with Crippen LogP contribution in [0.15, 0.2) is 24.3 Å². The molecule has 1 aliphatic rings. The molecule has 2 amide bonds. The lowest BCUT2D eigenvalue weighted by Gasteiger charge is -2.30. The van der Waals surface area contributed by atoms with Gasteiger partial charge in [0.2, 0.25) is 0 Å². The number of ether oxygens (including phenoxy) is 1. The quantitative estimate of drug-likeness (QED) is 0.767. The monoisotopic (exact) mass is 361 g/mol. The van der Waals surface area contributed by atoms with E-state index >= 15 is 0 Å². The number of methoxy groups -OCH3 is 1. The van der Waals surface area contributed by atoms with Gasteiger partial charge in [-0.2, -0.15) is 0 Å². The number of hydrogen-bond donors (Lipinski definition) is 1. The van der Waals surface area contributed by atoms with Crippen LogP contribution in [0.2, 0.25) is 0 Å². The van der Waals surface area contributed by atoms with E-state index in [0.717, 1.165) is 30.9 Å². The maximum Gasteiger partial charge on any atom is 0.317 e. The average Bonchev–Trinajstić information content (AvgIpc) is 3.07. The lowest BCUT2D eigenvalue weighted by atomic mass is 10.1. The number of nitrogens with one attached hydrogen (secondary N) is 1. The first-order valence-electron chi connectivity index (χ1n) is 9.82. The van der Waals surface area contributed by atoms with E-state index in [1.165, 1.54) is 12.8 Å². The van der Waals surface area contributed by atoms with Crippen LogP contribution in [-0.2, 0) is 6.54 Å². The number of rotatable bonds is 8. The zero-order chi connectivity index (χ0) is 19.1. The zero-order valence-electron chi connectivity index (χ0n) is 17.0. The summed E-state index contributed by atoms with van der Waals surface area (Å²) < 4.78 is 5.30.